The van der Waals surface area contributed by atoms with Gasteiger partial charge in [-0.2, -0.15) is 18.3 Å². The summed E-state index contributed by atoms with van der Waals surface area (Å²) in [5, 5.41) is 6.64. The van der Waals surface area contributed by atoms with Crippen LogP contribution in [0.3, 0.4) is 0 Å². The minimum absolute atomic E-state index is 0.00596. The highest BCUT2D eigenvalue weighted by Gasteiger charge is 2.36. The third kappa shape index (κ3) is 3.94. The highest BCUT2D eigenvalue weighted by Crippen LogP contribution is 2.33. The van der Waals surface area contributed by atoms with Gasteiger partial charge in [0.2, 0.25) is 0 Å². The Morgan fingerprint density at radius 1 is 1.10 bits per heavy atom. The number of aromatic nitrogens is 3. The van der Waals surface area contributed by atoms with Gasteiger partial charge >= 0.3 is 6.18 Å². The Morgan fingerprint density at radius 2 is 1.79 bits per heavy atom. The van der Waals surface area contributed by atoms with Crippen molar-refractivity contribution in [3.05, 3.63) is 53.6 Å². The van der Waals surface area contributed by atoms with E-state index in [1.165, 1.54) is 12.1 Å². The van der Waals surface area contributed by atoms with E-state index in [0.29, 0.717) is 10.1 Å². The summed E-state index contributed by atoms with van der Waals surface area (Å²) in [7, 11) is 0. The van der Waals surface area contributed by atoms with E-state index in [0.717, 1.165) is 56.5 Å². The van der Waals surface area contributed by atoms with Crippen molar-refractivity contribution in [1.29, 1.82) is 0 Å². The van der Waals surface area contributed by atoms with Crippen molar-refractivity contribution < 1.29 is 22.4 Å². The summed E-state index contributed by atoms with van der Waals surface area (Å²) >= 11 is 0. The molecule has 0 radical (unpaired) electrons. The number of hydrogen-bond donors (Lipinski definition) is 1. The molecular formula is C20H18F4N4O. The number of benzene rings is 1. The lowest BCUT2D eigenvalue weighted by Gasteiger charge is -2.22. The van der Waals surface area contributed by atoms with Gasteiger partial charge in [-0.3, -0.25) is 4.79 Å². The van der Waals surface area contributed by atoms with Crippen LogP contribution in [0.1, 0.15) is 48.2 Å². The van der Waals surface area contributed by atoms with Crippen LogP contribution in [0.25, 0.3) is 16.9 Å². The second-order valence-electron chi connectivity index (χ2n) is 7.13. The Bertz CT molecular complexity index is 1040. The Morgan fingerprint density at radius 3 is 2.45 bits per heavy atom. The number of carbonyl (C=O) groups excluding carboxylic acids is 1. The fourth-order valence-corrected chi connectivity index (χ4v) is 3.60. The van der Waals surface area contributed by atoms with Crippen molar-refractivity contribution in [3.63, 3.8) is 0 Å². The van der Waals surface area contributed by atoms with Gasteiger partial charge in [0.25, 0.3) is 5.91 Å². The molecule has 29 heavy (non-hydrogen) atoms. The van der Waals surface area contributed by atoms with Gasteiger partial charge in [0.15, 0.2) is 11.3 Å². The van der Waals surface area contributed by atoms with Crippen LogP contribution in [-0.2, 0) is 6.18 Å². The lowest BCUT2D eigenvalue weighted by atomic mass is 9.95. The Hall–Kier alpha value is -2.97. The summed E-state index contributed by atoms with van der Waals surface area (Å²) in [6, 6.07) is 5.80. The van der Waals surface area contributed by atoms with E-state index in [1.54, 1.807) is 0 Å². The largest absolute Gasteiger partial charge is 0.433 e. The van der Waals surface area contributed by atoms with Gasteiger partial charge in [-0.15, -0.1) is 0 Å². The maximum atomic E-state index is 13.6. The molecule has 3 aromatic rings. The summed E-state index contributed by atoms with van der Waals surface area (Å²) in [6.45, 7) is 0. The molecule has 1 saturated carbocycles. The van der Waals surface area contributed by atoms with Gasteiger partial charge in [-0.25, -0.2) is 13.9 Å². The average Bonchev–Trinajstić information content (AvgIpc) is 3.12. The first-order valence-electron chi connectivity index (χ1n) is 9.36. The molecule has 1 aliphatic rings. The van der Waals surface area contributed by atoms with Gasteiger partial charge in [0, 0.05) is 11.6 Å². The topological polar surface area (TPSA) is 59.3 Å². The van der Waals surface area contributed by atoms with Gasteiger partial charge < -0.3 is 5.32 Å². The number of amides is 1. The van der Waals surface area contributed by atoms with Crippen molar-refractivity contribution in [3.8, 4) is 11.3 Å². The lowest BCUT2D eigenvalue weighted by molar-refractivity contribution is -0.142. The maximum Gasteiger partial charge on any atom is 0.433 e. The van der Waals surface area contributed by atoms with Gasteiger partial charge in [0.05, 0.1) is 11.9 Å². The predicted octanol–water partition coefficient (Wildman–Crippen LogP) is 4.62. The van der Waals surface area contributed by atoms with E-state index in [4.69, 9.17) is 0 Å². The van der Waals surface area contributed by atoms with Crippen LogP contribution in [-0.4, -0.2) is 26.5 Å². The molecule has 0 unspecified atom stereocenters. The molecule has 9 heteroatoms. The quantitative estimate of drug-likeness (QED) is 0.646. The van der Waals surface area contributed by atoms with Gasteiger partial charge in [-0.1, -0.05) is 19.3 Å². The zero-order valence-electron chi connectivity index (χ0n) is 15.3. The molecule has 0 bridgehead atoms. The first-order valence-corrected chi connectivity index (χ1v) is 9.36. The molecular weight excluding hydrogens is 388 g/mol. The SMILES string of the molecule is O=C(NC1CCCCC1)c1cnn2c(C(F)(F)F)cc(-c3ccc(F)cc3)nc12. The van der Waals surface area contributed by atoms with Crippen molar-refractivity contribution in [2.24, 2.45) is 0 Å². The number of nitrogens with zero attached hydrogens (tertiary/aromatic N) is 3. The van der Waals surface area contributed by atoms with Crippen molar-refractivity contribution in [2.75, 3.05) is 0 Å². The summed E-state index contributed by atoms with van der Waals surface area (Å²) in [5.41, 5.74) is -0.979. The molecule has 1 aromatic carbocycles. The Kier molecular flexibility index (Phi) is 4.97. The zero-order chi connectivity index (χ0) is 20.6. The highest BCUT2D eigenvalue weighted by atomic mass is 19.4. The van der Waals surface area contributed by atoms with Gasteiger partial charge in [0.1, 0.15) is 11.4 Å². The molecule has 2 heterocycles. The standard InChI is InChI=1S/C20H18F4N4O/c21-13-8-6-12(7-9-13)16-10-17(20(22,23)24)28-18(27-16)15(11-25-28)19(29)26-14-4-2-1-3-5-14/h6-11,14H,1-5H2,(H,26,29). The van der Waals surface area contributed by atoms with Crippen molar-refractivity contribution >= 4 is 11.6 Å². The van der Waals surface area contributed by atoms with E-state index < -0.39 is 23.6 Å². The molecule has 0 saturated heterocycles. The number of alkyl halides is 3. The van der Waals surface area contributed by atoms with Gasteiger partial charge in [-0.05, 0) is 43.2 Å². The Labute approximate surface area is 163 Å². The van der Waals surface area contributed by atoms with Crippen LogP contribution in [0, 0.1) is 5.82 Å². The zero-order valence-corrected chi connectivity index (χ0v) is 15.3. The third-order valence-corrected chi connectivity index (χ3v) is 5.09. The second kappa shape index (κ2) is 7.46. The molecule has 5 nitrogen and oxygen atoms in total. The monoisotopic (exact) mass is 406 g/mol. The molecule has 1 N–H and O–H groups in total. The molecule has 0 aliphatic heterocycles. The number of halogens is 4. The van der Waals surface area contributed by atoms with E-state index in [-0.39, 0.29) is 22.9 Å². The number of nitrogens with one attached hydrogen (secondary N) is 1. The van der Waals surface area contributed by atoms with E-state index in [2.05, 4.69) is 15.4 Å². The van der Waals surface area contributed by atoms with E-state index >= 15 is 0 Å². The fraction of sp³-hybridized carbons (Fsp3) is 0.350. The minimum Gasteiger partial charge on any atom is -0.349 e. The maximum absolute atomic E-state index is 13.6. The molecule has 1 amide bonds. The molecule has 1 aliphatic carbocycles. The van der Waals surface area contributed by atoms with Crippen LogP contribution in [0.2, 0.25) is 0 Å². The Balaban J connectivity index is 1.79. The molecule has 0 atom stereocenters. The van der Waals surface area contributed by atoms with Crippen LogP contribution in [0.15, 0.2) is 36.5 Å². The van der Waals surface area contributed by atoms with E-state index in [1.807, 2.05) is 0 Å². The summed E-state index contributed by atoms with van der Waals surface area (Å²) in [4.78, 5) is 16.9. The first-order chi connectivity index (χ1) is 13.8. The minimum atomic E-state index is -4.71. The predicted molar refractivity (Wildman–Crippen MR) is 97.7 cm³/mol. The number of fused-ring (bicyclic) bond motifs is 1. The summed E-state index contributed by atoms with van der Waals surface area (Å²) in [5.74, 6) is -1.01. The third-order valence-electron chi connectivity index (χ3n) is 5.09. The van der Waals surface area contributed by atoms with Crippen molar-refractivity contribution in [2.45, 2.75) is 44.3 Å². The lowest BCUT2D eigenvalue weighted by Crippen LogP contribution is -2.36. The second-order valence-corrected chi connectivity index (χ2v) is 7.13. The normalized spacial score (nSPS) is 15.6. The highest BCUT2D eigenvalue weighted by molar-refractivity contribution is 6.00. The van der Waals surface area contributed by atoms with Crippen LogP contribution in [0.5, 0.6) is 0 Å². The number of rotatable bonds is 3. The molecule has 0 spiro atoms. The average molecular weight is 406 g/mol. The molecule has 1 fully saturated rings. The van der Waals surface area contributed by atoms with Crippen LogP contribution in [0.4, 0.5) is 17.6 Å². The molecule has 152 valence electrons. The van der Waals surface area contributed by atoms with Crippen LogP contribution < -0.4 is 5.32 Å². The van der Waals surface area contributed by atoms with Crippen molar-refractivity contribution in [1.82, 2.24) is 19.9 Å². The molecule has 2 aromatic heterocycles. The van der Waals surface area contributed by atoms with E-state index in [9.17, 15) is 22.4 Å². The first kappa shape index (κ1) is 19.4. The summed E-state index contributed by atoms with van der Waals surface area (Å²) < 4.78 is 54.7. The number of carbonyl (C=O) groups is 1. The smallest absolute Gasteiger partial charge is 0.349 e. The number of hydrogen-bond acceptors (Lipinski definition) is 3. The summed E-state index contributed by atoms with van der Waals surface area (Å²) in [6.07, 6.45) is 1.19. The fourth-order valence-electron chi connectivity index (χ4n) is 3.60. The van der Waals surface area contributed by atoms with Crippen LogP contribution >= 0.6 is 0 Å². The molecule has 4 rings (SSSR count).